The van der Waals surface area contributed by atoms with Crippen LogP contribution in [0.3, 0.4) is 0 Å². The van der Waals surface area contributed by atoms with Gasteiger partial charge in [0.25, 0.3) is 0 Å². The van der Waals surface area contributed by atoms with Gasteiger partial charge in [0.05, 0.1) is 5.56 Å². The van der Waals surface area contributed by atoms with Crippen LogP contribution in [0.4, 0.5) is 11.6 Å². The molecule has 2 fully saturated rings. The molecule has 2 saturated heterocycles. The minimum Gasteiger partial charge on any atom is -0.356 e. The van der Waals surface area contributed by atoms with Crippen molar-refractivity contribution in [2.45, 2.75) is 6.92 Å². The molecule has 0 N–H and O–H groups in total. The van der Waals surface area contributed by atoms with Crippen LogP contribution in [0.5, 0.6) is 0 Å². The fourth-order valence-electron chi connectivity index (χ4n) is 3.62. The van der Waals surface area contributed by atoms with Gasteiger partial charge >= 0.3 is 0 Å². The van der Waals surface area contributed by atoms with Crippen molar-refractivity contribution in [3.05, 3.63) is 42.0 Å². The van der Waals surface area contributed by atoms with Gasteiger partial charge in [0.15, 0.2) is 0 Å². The van der Waals surface area contributed by atoms with Crippen molar-refractivity contribution in [2.75, 3.05) is 36.0 Å². The van der Waals surface area contributed by atoms with E-state index in [1.807, 2.05) is 19.1 Å². The van der Waals surface area contributed by atoms with Gasteiger partial charge in [0, 0.05) is 56.0 Å². The molecular weight excluding hydrogens is 288 g/mol. The molecule has 2 unspecified atom stereocenters. The summed E-state index contributed by atoms with van der Waals surface area (Å²) < 4.78 is 0. The number of fused-ring (bicyclic) bond motifs is 1. The van der Waals surface area contributed by atoms with Crippen LogP contribution in [-0.2, 0) is 0 Å². The van der Waals surface area contributed by atoms with E-state index in [2.05, 4.69) is 36.9 Å². The molecule has 0 amide bonds. The topological polar surface area (TPSA) is 68.9 Å². The highest BCUT2D eigenvalue weighted by molar-refractivity contribution is 5.46. The summed E-state index contributed by atoms with van der Waals surface area (Å²) in [5.74, 6) is 3.29. The number of nitriles is 1. The lowest BCUT2D eigenvalue weighted by Gasteiger charge is -2.23. The Morgan fingerprint density at radius 2 is 1.70 bits per heavy atom. The Kier molecular flexibility index (Phi) is 3.34. The summed E-state index contributed by atoms with van der Waals surface area (Å²) in [6.07, 6.45) is 3.30. The van der Waals surface area contributed by atoms with Crippen molar-refractivity contribution in [3.63, 3.8) is 0 Å². The smallest absolute Gasteiger partial charge is 0.132 e. The first-order valence-corrected chi connectivity index (χ1v) is 7.87. The first kappa shape index (κ1) is 13.9. The molecule has 2 aromatic heterocycles. The van der Waals surface area contributed by atoms with E-state index in [4.69, 9.17) is 5.26 Å². The Labute approximate surface area is 135 Å². The molecule has 0 spiro atoms. The summed E-state index contributed by atoms with van der Waals surface area (Å²) >= 11 is 0. The standard InChI is InChI=1S/C17H18N6/c1-12-4-17(21-11-20-12)23-9-14-7-22(8-15(14)10-23)16-3-2-13(5-18)6-19-16/h2-4,6,11,14-15H,7-10H2,1H3. The van der Waals surface area contributed by atoms with E-state index in [1.54, 1.807) is 12.5 Å². The van der Waals surface area contributed by atoms with Gasteiger partial charge in [0.1, 0.15) is 24.0 Å². The van der Waals surface area contributed by atoms with Crippen LogP contribution in [0, 0.1) is 30.1 Å². The number of aryl methyl sites for hydroxylation is 1. The van der Waals surface area contributed by atoms with Crippen LogP contribution < -0.4 is 9.80 Å². The van der Waals surface area contributed by atoms with Gasteiger partial charge < -0.3 is 9.80 Å². The Morgan fingerprint density at radius 1 is 1.00 bits per heavy atom. The zero-order valence-electron chi connectivity index (χ0n) is 13.1. The predicted molar refractivity (Wildman–Crippen MR) is 87.1 cm³/mol. The summed E-state index contributed by atoms with van der Waals surface area (Å²) in [5, 5.41) is 8.86. The maximum atomic E-state index is 8.86. The quantitative estimate of drug-likeness (QED) is 0.840. The predicted octanol–water partition coefficient (Wildman–Crippen LogP) is 1.62. The Hall–Kier alpha value is -2.68. The average Bonchev–Trinajstić information content (AvgIpc) is 3.14. The van der Waals surface area contributed by atoms with Crippen molar-refractivity contribution in [2.24, 2.45) is 11.8 Å². The van der Waals surface area contributed by atoms with Gasteiger partial charge in [-0.1, -0.05) is 0 Å². The summed E-state index contributed by atoms with van der Waals surface area (Å²) in [4.78, 5) is 17.7. The molecule has 4 heterocycles. The van der Waals surface area contributed by atoms with E-state index in [1.165, 1.54) is 0 Å². The molecule has 0 bridgehead atoms. The molecule has 6 heteroatoms. The molecule has 2 aliphatic rings. The molecule has 0 saturated carbocycles. The fourth-order valence-corrected chi connectivity index (χ4v) is 3.62. The van der Waals surface area contributed by atoms with Crippen LogP contribution in [-0.4, -0.2) is 41.1 Å². The second-order valence-corrected chi connectivity index (χ2v) is 6.36. The van der Waals surface area contributed by atoms with Gasteiger partial charge in [-0.2, -0.15) is 5.26 Å². The zero-order valence-corrected chi connectivity index (χ0v) is 13.1. The highest BCUT2D eigenvalue weighted by Gasteiger charge is 2.40. The number of anilines is 2. The maximum Gasteiger partial charge on any atom is 0.132 e. The highest BCUT2D eigenvalue weighted by Crippen LogP contribution is 2.34. The maximum absolute atomic E-state index is 8.86. The molecule has 0 aromatic carbocycles. The van der Waals surface area contributed by atoms with Crippen LogP contribution in [0.1, 0.15) is 11.3 Å². The third-order valence-electron chi connectivity index (χ3n) is 4.80. The third-order valence-corrected chi connectivity index (χ3v) is 4.80. The molecule has 23 heavy (non-hydrogen) atoms. The number of nitrogens with zero attached hydrogens (tertiary/aromatic N) is 6. The third kappa shape index (κ3) is 2.59. The number of pyridine rings is 1. The number of hydrogen-bond donors (Lipinski definition) is 0. The Bertz CT molecular complexity index is 736. The molecule has 0 radical (unpaired) electrons. The number of hydrogen-bond acceptors (Lipinski definition) is 6. The molecule has 0 aliphatic carbocycles. The molecule has 2 aromatic rings. The van der Waals surface area contributed by atoms with Crippen LogP contribution in [0.15, 0.2) is 30.7 Å². The average molecular weight is 306 g/mol. The summed E-state index contributed by atoms with van der Waals surface area (Å²) in [6.45, 7) is 6.11. The van der Waals surface area contributed by atoms with E-state index in [9.17, 15) is 0 Å². The zero-order chi connectivity index (χ0) is 15.8. The SMILES string of the molecule is Cc1cc(N2CC3CN(c4ccc(C#N)cn4)CC3C2)ncn1. The van der Waals surface area contributed by atoms with Gasteiger partial charge in [-0.05, 0) is 19.1 Å². The molecule has 2 aliphatic heterocycles. The Balaban J connectivity index is 1.44. The first-order valence-electron chi connectivity index (χ1n) is 7.87. The largest absolute Gasteiger partial charge is 0.356 e. The van der Waals surface area contributed by atoms with Gasteiger partial charge in [0.2, 0.25) is 0 Å². The summed E-state index contributed by atoms with van der Waals surface area (Å²) in [6, 6.07) is 7.96. The lowest BCUT2D eigenvalue weighted by atomic mass is 10.0. The van der Waals surface area contributed by atoms with Crippen molar-refractivity contribution >= 4 is 11.6 Å². The fraction of sp³-hybridized carbons (Fsp3) is 0.412. The molecule has 4 rings (SSSR count). The van der Waals surface area contributed by atoms with Gasteiger partial charge in [-0.15, -0.1) is 0 Å². The highest BCUT2D eigenvalue weighted by atomic mass is 15.3. The van der Waals surface area contributed by atoms with Crippen LogP contribution in [0.25, 0.3) is 0 Å². The summed E-state index contributed by atoms with van der Waals surface area (Å²) in [5.41, 5.74) is 1.62. The van der Waals surface area contributed by atoms with Crippen LogP contribution >= 0.6 is 0 Å². The second-order valence-electron chi connectivity index (χ2n) is 6.36. The number of aromatic nitrogens is 3. The van der Waals surface area contributed by atoms with Crippen molar-refractivity contribution in [1.29, 1.82) is 5.26 Å². The molecular formula is C17H18N6. The van der Waals surface area contributed by atoms with E-state index in [-0.39, 0.29) is 0 Å². The normalized spacial score (nSPS) is 23.0. The van der Waals surface area contributed by atoms with Crippen molar-refractivity contribution in [3.8, 4) is 6.07 Å². The number of rotatable bonds is 2. The summed E-state index contributed by atoms with van der Waals surface area (Å²) in [7, 11) is 0. The Morgan fingerprint density at radius 3 is 2.26 bits per heavy atom. The minimum atomic E-state index is 0.610. The molecule has 6 nitrogen and oxygen atoms in total. The van der Waals surface area contributed by atoms with Crippen LogP contribution in [0.2, 0.25) is 0 Å². The second kappa shape index (κ2) is 5.51. The van der Waals surface area contributed by atoms with Crippen molar-refractivity contribution < 1.29 is 0 Å². The van der Waals surface area contributed by atoms with E-state index in [0.717, 1.165) is 43.5 Å². The van der Waals surface area contributed by atoms with Gasteiger partial charge in [-0.3, -0.25) is 0 Å². The first-order chi connectivity index (χ1) is 11.2. The molecule has 2 atom stereocenters. The molecule has 116 valence electrons. The monoisotopic (exact) mass is 306 g/mol. The van der Waals surface area contributed by atoms with E-state index in [0.29, 0.717) is 17.4 Å². The van der Waals surface area contributed by atoms with Crippen molar-refractivity contribution in [1.82, 2.24) is 15.0 Å². The lowest BCUT2D eigenvalue weighted by Crippen LogP contribution is -2.29. The minimum absolute atomic E-state index is 0.610. The van der Waals surface area contributed by atoms with E-state index < -0.39 is 0 Å². The van der Waals surface area contributed by atoms with E-state index >= 15 is 0 Å². The van der Waals surface area contributed by atoms with Gasteiger partial charge in [-0.25, -0.2) is 15.0 Å². The lowest BCUT2D eigenvalue weighted by molar-refractivity contribution is 0.533.